The molecule has 1 heterocycles. The maximum atomic E-state index is 11.3. The molecule has 1 aromatic carbocycles. The summed E-state index contributed by atoms with van der Waals surface area (Å²) in [4.78, 5) is 22.4. The Balaban J connectivity index is 1.70. The highest BCUT2D eigenvalue weighted by atomic mass is 16.7. The van der Waals surface area contributed by atoms with Crippen LogP contribution in [0, 0.1) is 17.3 Å². The van der Waals surface area contributed by atoms with Gasteiger partial charge in [0.2, 0.25) is 0 Å². The summed E-state index contributed by atoms with van der Waals surface area (Å²) >= 11 is 0. The van der Waals surface area contributed by atoms with Gasteiger partial charge in [-0.15, -0.1) is 0 Å². The first kappa shape index (κ1) is 14.0. The van der Waals surface area contributed by atoms with E-state index in [-0.39, 0.29) is 19.6 Å². The van der Waals surface area contributed by atoms with Gasteiger partial charge in [0.05, 0.1) is 25.0 Å². The minimum absolute atomic E-state index is 0.202. The monoisotopic (exact) mass is 292 g/mol. The molecule has 6 heteroatoms. The third-order valence-electron chi connectivity index (χ3n) is 4.39. The zero-order chi connectivity index (χ0) is 15.0. The molecule has 1 spiro atoms. The van der Waals surface area contributed by atoms with Crippen LogP contribution >= 0.6 is 0 Å². The second-order valence-electron chi connectivity index (χ2n) is 5.69. The Bertz CT molecular complexity index is 547. The number of carboxylic acid groups (broad SMARTS) is 2. The fourth-order valence-electron chi connectivity index (χ4n) is 3.29. The summed E-state index contributed by atoms with van der Waals surface area (Å²) in [7, 11) is 0. The lowest BCUT2D eigenvalue weighted by atomic mass is 9.54. The average molecular weight is 292 g/mol. The van der Waals surface area contributed by atoms with Crippen molar-refractivity contribution in [1.82, 2.24) is 0 Å². The van der Waals surface area contributed by atoms with E-state index in [4.69, 9.17) is 14.6 Å². The normalized spacial score (nSPS) is 35.1. The Morgan fingerprint density at radius 2 is 1.67 bits per heavy atom. The Kier molecular flexibility index (Phi) is 3.43. The summed E-state index contributed by atoms with van der Waals surface area (Å²) in [5.74, 6) is -3.98. The number of benzene rings is 1. The van der Waals surface area contributed by atoms with E-state index in [1.807, 2.05) is 30.3 Å². The fourth-order valence-corrected chi connectivity index (χ4v) is 3.29. The molecule has 1 aliphatic heterocycles. The highest BCUT2D eigenvalue weighted by Crippen LogP contribution is 2.54. The van der Waals surface area contributed by atoms with Crippen molar-refractivity contribution in [2.75, 3.05) is 13.2 Å². The van der Waals surface area contributed by atoms with Gasteiger partial charge in [0.1, 0.15) is 0 Å². The smallest absolute Gasteiger partial charge is 0.308 e. The van der Waals surface area contributed by atoms with Crippen LogP contribution in [0.25, 0.3) is 0 Å². The van der Waals surface area contributed by atoms with Gasteiger partial charge >= 0.3 is 11.9 Å². The number of hydrogen-bond donors (Lipinski definition) is 2. The molecule has 3 rings (SSSR count). The molecule has 1 aliphatic carbocycles. The average Bonchev–Trinajstić information content (AvgIpc) is 2.45. The van der Waals surface area contributed by atoms with Crippen molar-refractivity contribution >= 4 is 11.9 Å². The lowest BCUT2D eigenvalue weighted by Crippen LogP contribution is -2.61. The maximum Gasteiger partial charge on any atom is 0.308 e. The predicted octanol–water partition coefficient (Wildman–Crippen LogP) is 1.52. The molecule has 2 fully saturated rings. The van der Waals surface area contributed by atoms with E-state index in [0.29, 0.717) is 0 Å². The van der Waals surface area contributed by atoms with E-state index in [1.165, 1.54) is 0 Å². The van der Waals surface area contributed by atoms with E-state index < -0.39 is 35.5 Å². The van der Waals surface area contributed by atoms with Gasteiger partial charge in [-0.2, -0.15) is 0 Å². The van der Waals surface area contributed by atoms with E-state index in [0.717, 1.165) is 5.56 Å². The van der Waals surface area contributed by atoms with Crippen LogP contribution in [0.1, 0.15) is 18.3 Å². The molecule has 0 amide bonds. The molecule has 2 aliphatic rings. The van der Waals surface area contributed by atoms with Crippen molar-refractivity contribution in [3.05, 3.63) is 35.9 Å². The van der Waals surface area contributed by atoms with Crippen LogP contribution in [0.15, 0.2) is 30.3 Å². The van der Waals surface area contributed by atoms with Gasteiger partial charge in [0.25, 0.3) is 0 Å². The number of carboxylic acids is 2. The first-order valence-electron chi connectivity index (χ1n) is 6.77. The molecule has 6 nitrogen and oxygen atoms in total. The summed E-state index contributed by atoms with van der Waals surface area (Å²) < 4.78 is 11.3. The van der Waals surface area contributed by atoms with E-state index in [1.54, 1.807) is 0 Å². The van der Waals surface area contributed by atoms with Crippen molar-refractivity contribution < 1.29 is 29.3 Å². The van der Waals surface area contributed by atoms with Gasteiger partial charge in [-0.1, -0.05) is 30.3 Å². The fraction of sp³-hybridized carbons (Fsp3) is 0.467. The molecule has 0 bridgehead atoms. The molecular weight excluding hydrogens is 276 g/mol. The topological polar surface area (TPSA) is 93.1 Å². The van der Waals surface area contributed by atoms with Gasteiger partial charge in [0.15, 0.2) is 6.29 Å². The van der Waals surface area contributed by atoms with E-state index in [9.17, 15) is 14.7 Å². The second-order valence-corrected chi connectivity index (χ2v) is 5.69. The Morgan fingerprint density at radius 1 is 1.05 bits per heavy atom. The molecular formula is C15H16O6. The lowest BCUT2D eigenvalue weighted by Gasteiger charge is -2.53. The summed E-state index contributed by atoms with van der Waals surface area (Å²) in [5, 5.41) is 18.3. The van der Waals surface area contributed by atoms with Crippen molar-refractivity contribution in [2.24, 2.45) is 17.3 Å². The van der Waals surface area contributed by atoms with Crippen LogP contribution in [0.5, 0.6) is 0 Å². The van der Waals surface area contributed by atoms with Crippen LogP contribution in [0.3, 0.4) is 0 Å². The highest BCUT2D eigenvalue weighted by Gasteiger charge is 2.62. The van der Waals surface area contributed by atoms with Crippen LogP contribution in [-0.4, -0.2) is 35.4 Å². The van der Waals surface area contributed by atoms with Gasteiger partial charge < -0.3 is 19.7 Å². The zero-order valence-corrected chi connectivity index (χ0v) is 11.3. The van der Waals surface area contributed by atoms with Crippen LogP contribution < -0.4 is 0 Å². The maximum absolute atomic E-state index is 11.3. The van der Waals surface area contributed by atoms with Crippen LogP contribution in [0.4, 0.5) is 0 Å². The summed E-state index contributed by atoms with van der Waals surface area (Å²) in [6.45, 7) is 0.403. The minimum atomic E-state index is -1.10. The van der Waals surface area contributed by atoms with Crippen LogP contribution in [0.2, 0.25) is 0 Å². The molecule has 2 N–H and O–H groups in total. The highest BCUT2D eigenvalue weighted by molar-refractivity contribution is 5.83. The Labute approximate surface area is 121 Å². The Hall–Kier alpha value is -1.92. The number of carbonyl (C=O) groups is 2. The molecule has 1 aromatic rings. The molecule has 0 unspecified atom stereocenters. The molecule has 0 aromatic heterocycles. The van der Waals surface area contributed by atoms with Crippen molar-refractivity contribution in [2.45, 2.75) is 12.7 Å². The van der Waals surface area contributed by atoms with Gasteiger partial charge in [-0.3, -0.25) is 9.59 Å². The summed E-state index contributed by atoms with van der Waals surface area (Å²) in [6, 6.07) is 9.38. The number of ether oxygens (including phenoxy) is 2. The van der Waals surface area contributed by atoms with Crippen molar-refractivity contribution in [1.29, 1.82) is 0 Å². The number of hydrogen-bond acceptors (Lipinski definition) is 4. The number of aliphatic carboxylic acids is 2. The second kappa shape index (κ2) is 5.13. The van der Waals surface area contributed by atoms with Crippen molar-refractivity contribution in [3.8, 4) is 0 Å². The lowest BCUT2D eigenvalue weighted by molar-refractivity contribution is -0.277. The van der Waals surface area contributed by atoms with Gasteiger partial charge in [0, 0.05) is 11.0 Å². The minimum Gasteiger partial charge on any atom is -0.481 e. The Morgan fingerprint density at radius 3 is 2.19 bits per heavy atom. The third-order valence-corrected chi connectivity index (χ3v) is 4.39. The standard InChI is InChI=1S/C15H16O6/c16-12(17)10-6-15(11(10)13(18)19)7-20-14(21-8-15)9-4-2-1-3-5-9/h1-5,10-11,14H,6-8H2,(H,16,17)(H,18,19)/t10-,11-,14?,15?/m0/s1. The first-order valence-corrected chi connectivity index (χ1v) is 6.77. The van der Waals surface area contributed by atoms with Crippen LogP contribution in [-0.2, 0) is 19.1 Å². The van der Waals surface area contributed by atoms with Gasteiger partial charge in [-0.05, 0) is 6.42 Å². The summed E-state index contributed by atoms with van der Waals surface area (Å²) in [6.07, 6.45) is -0.240. The SMILES string of the molecule is O=C(O)[C@H]1CC2(COC(c3ccccc3)OC2)[C@@H]1C(=O)O. The molecule has 21 heavy (non-hydrogen) atoms. The predicted molar refractivity (Wildman–Crippen MR) is 70.4 cm³/mol. The third kappa shape index (κ3) is 2.30. The van der Waals surface area contributed by atoms with E-state index in [2.05, 4.69) is 0 Å². The van der Waals surface area contributed by atoms with E-state index >= 15 is 0 Å². The first-order chi connectivity index (χ1) is 10.0. The quantitative estimate of drug-likeness (QED) is 0.877. The molecule has 1 saturated heterocycles. The molecule has 112 valence electrons. The molecule has 1 saturated carbocycles. The van der Waals surface area contributed by atoms with Gasteiger partial charge in [-0.25, -0.2) is 0 Å². The number of rotatable bonds is 3. The molecule has 0 radical (unpaired) electrons. The largest absolute Gasteiger partial charge is 0.481 e. The summed E-state index contributed by atoms with van der Waals surface area (Å²) in [5.41, 5.74) is 0.147. The molecule has 2 atom stereocenters. The van der Waals surface area contributed by atoms with Crippen molar-refractivity contribution in [3.63, 3.8) is 0 Å². The zero-order valence-electron chi connectivity index (χ0n) is 11.3.